The fourth-order valence-corrected chi connectivity index (χ4v) is 3.77. The van der Waals surface area contributed by atoms with E-state index in [1.807, 2.05) is 4.72 Å². The van der Waals surface area contributed by atoms with Crippen molar-refractivity contribution in [2.24, 2.45) is 5.14 Å². The van der Waals surface area contributed by atoms with E-state index in [1.54, 1.807) is 0 Å². The van der Waals surface area contributed by atoms with Gasteiger partial charge in [-0.3, -0.25) is 0 Å². The molecule has 0 atom stereocenters. The molecular weight excluding hydrogens is 376 g/mol. The van der Waals surface area contributed by atoms with Crippen LogP contribution in [0.25, 0.3) is 0 Å². The lowest BCUT2D eigenvalue weighted by Gasteiger charge is -2.08. The molecule has 8 nitrogen and oxygen atoms in total. The number of primary sulfonamides is 1. The van der Waals surface area contributed by atoms with Gasteiger partial charge in [0.25, 0.3) is 0 Å². The maximum Gasteiger partial charge on any atom is 0.335 e. The highest BCUT2D eigenvalue weighted by Gasteiger charge is 2.20. The Morgan fingerprint density at radius 1 is 1.30 bits per heavy atom. The first-order chi connectivity index (χ1) is 9.03. The first-order valence-corrected chi connectivity index (χ1v) is 9.05. The number of nitrogens with one attached hydrogen (secondary N) is 1. The summed E-state index contributed by atoms with van der Waals surface area (Å²) < 4.78 is 47.5. The lowest BCUT2D eigenvalue weighted by Crippen LogP contribution is -2.31. The van der Waals surface area contributed by atoms with Crippen LogP contribution >= 0.6 is 15.9 Å². The summed E-state index contributed by atoms with van der Waals surface area (Å²) in [4.78, 5) is 10.5. The van der Waals surface area contributed by atoms with Crippen molar-refractivity contribution < 1.29 is 26.7 Å². The molecule has 0 saturated heterocycles. The molecule has 0 radical (unpaired) electrons. The normalized spacial score (nSPS) is 12.3. The third-order valence-electron chi connectivity index (χ3n) is 2.15. The van der Waals surface area contributed by atoms with Gasteiger partial charge in [-0.05, 0) is 34.1 Å². The molecule has 11 heteroatoms. The molecule has 112 valence electrons. The summed E-state index contributed by atoms with van der Waals surface area (Å²) in [6, 6.07) is 3.47. The highest BCUT2D eigenvalue weighted by molar-refractivity contribution is 9.10. The molecule has 1 rings (SSSR count). The van der Waals surface area contributed by atoms with Crippen LogP contribution in [-0.2, 0) is 20.0 Å². The number of carboxylic acid groups (broad SMARTS) is 1. The van der Waals surface area contributed by atoms with Gasteiger partial charge in [0.05, 0.1) is 16.2 Å². The van der Waals surface area contributed by atoms with Gasteiger partial charge < -0.3 is 5.11 Å². The molecule has 0 unspecified atom stereocenters. The Hall–Kier alpha value is -1.01. The third kappa shape index (κ3) is 4.83. The predicted molar refractivity (Wildman–Crippen MR) is 74.3 cm³/mol. The van der Waals surface area contributed by atoms with Gasteiger partial charge in [0.2, 0.25) is 20.0 Å². The zero-order chi connectivity index (χ0) is 15.6. The lowest BCUT2D eigenvalue weighted by molar-refractivity contribution is 0.0696. The molecule has 0 fully saturated rings. The van der Waals surface area contributed by atoms with Gasteiger partial charge in [-0.25, -0.2) is 31.5 Å². The Kier molecular flexibility index (Phi) is 5.27. The quantitative estimate of drug-likeness (QED) is 0.612. The zero-order valence-corrected chi connectivity index (χ0v) is 13.1. The van der Waals surface area contributed by atoms with E-state index in [0.717, 1.165) is 6.07 Å². The monoisotopic (exact) mass is 386 g/mol. The molecule has 0 spiro atoms. The van der Waals surface area contributed by atoms with Crippen LogP contribution in [0, 0.1) is 0 Å². The van der Waals surface area contributed by atoms with Gasteiger partial charge in [-0.2, -0.15) is 0 Å². The fraction of sp³-hybridized carbons (Fsp3) is 0.222. The number of nitrogens with two attached hydrogens (primary N) is 1. The molecule has 1 aromatic carbocycles. The van der Waals surface area contributed by atoms with Crippen molar-refractivity contribution in [1.82, 2.24) is 4.72 Å². The van der Waals surface area contributed by atoms with Crippen molar-refractivity contribution in [3.63, 3.8) is 0 Å². The van der Waals surface area contributed by atoms with Crippen molar-refractivity contribution in [1.29, 1.82) is 0 Å². The van der Waals surface area contributed by atoms with Crippen LogP contribution in [0.15, 0.2) is 27.6 Å². The summed E-state index contributed by atoms with van der Waals surface area (Å²) in [5, 5.41) is 13.6. The summed E-state index contributed by atoms with van der Waals surface area (Å²) in [6.45, 7) is -0.412. The van der Waals surface area contributed by atoms with E-state index < -0.39 is 38.3 Å². The molecule has 4 N–H and O–H groups in total. The van der Waals surface area contributed by atoms with E-state index >= 15 is 0 Å². The molecular formula is C9H11BrN2O6S2. The van der Waals surface area contributed by atoms with Gasteiger partial charge >= 0.3 is 5.97 Å². The highest BCUT2D eigenvalue weighted by Crippen LogP contribution is 2.23. The molecule has 1 aromatic rings. The Balaban J connectivity index is 3.03. The zero-order valence-electron chi connectivity index (χ0n) is 9.91. The molecule has 20 heavy (non-hydrogen) atoms. The molecule has 0 aliphatic heterocycles. The summed E-state index contributed by atoms with van der Waals surface area (Å²) in [5.74, 6) is -1.85. The minimum absolute atomic E-state index is 0.158. The number of halogens is 1. The summed E-state index contributed by atoms with van der Waals surface area (Å²) >= 11 is 2.99. The number of benzene rings is 1. The Bertz CT molecular complexity index is 729. The van der Waals surface area contributed by atoms with Gasteiger partial charge in [0.15, 0.2) is 0 Å². The number of rotatable bonds is 6. The minimum Gasteiger partial charge on any atom is -0.478 e. The average Bonchev–Trinajstić information content (AvgIpc) is 2.26. The first-order valence-electron chi connectivity index (χ1n) is 5.06. The smallest absolute Gasteiger partial charge is 0.335 e. The average molecular weight is 387 g/mol. The maximum absolute atomic E-state index is 11.9. The minimum atomic E-state index is -4.05. The van der Waals surface area contributed by atoms with Crippen molar-refractivity contribution in [3.8, 4) is 0 Å². The summed E-state index contributed by atoms with van der Waals surface area (Å²) in [6.07, 6.45) is 0. The van der Waals surface area contributed by atoms with Crippen molar-refractivity contribution >= 4 is 41.9 Å². The highest BCUT2D eigenvalue weighted by atomic mass is 79.9. The van der Waals surface area contributed by atoms with E-state index in [1.165, 1.54) is 12.1 Å². The number of carbonyl (C=O) groups is 1. The Morgan fingerprint density at radius 2 is 1.90 bits per heavy atom. The van der Waals surface area contributed by atoms with Crippen LogP contribution in [0.2, 0.25) is 0 Å². The van der Waals surface area contributed by atoms with E-state index in [-0.39, 0.29) is 14.9 Å². The SMILES string of the molecule is NS(=O)(=O)CCNS(=O)(=O)c1cc(C(=O)O)ccc1Br. The van der Waals surface area contributed by atoms with Crippen LogP contribution in [0.4, 0.5) is 0 Å². The van der Waals surface area contributed by atoms with Crippen LogP contribution in [0.5, 0.6) is 0 Å². The van der Waals surface area contributed by atoms with E-state index in [2.05, 4.69) is 15.9 Å². The standard InChI is InChI=1S/C9H11BrN2O6S2/c10-7-2-1-6(9(13)14)5-8(7)20(17,18)12-3-4-19(11,15)16/h1-2,5,12H,3-4H2,(H,13,14)(H2,11,15,16). The molecule has 0 amide bonds. The largest absolute Gasteiger partial charge is 0.478 e. The van der Waals surface area contributed by atoms with E-state index in [9.17, 15) is 21.6 Å². The second kappa shape index (κ2) is 6.18. The maximum atomic E-state index is 11.9. The van der Waals surface area contributed by atoms with Gasteiger partial charge in [-0.15, -0.1) is 0 Å². The second-order valence-electron chi connectivity index (χ2n) is 3.72. The van der Waals surface area contributed by atoms with Crippen molar-refractivity contribution in [2.45, 2.75) is 4.90 Å². The molecule has 0 bridgehead atoms. The van der Waals surface area contributed by atoms with Gasteiger partial charge in [0.1, 0.15) is 0 Å². The van der Waals surface area contributed by atoms with Crippen LogP contribution < -0.4 is 9.86 Å². The number of hydrogen-bond acceptors (Lipinski definition) is 5. The van der Waals surface area contributed by atoms with Gasteiger partial charge in [-0.1, -0.05) is 0 Å². The van der Waals surface area contributed by atoms with Crippen molar-refractivity contribution in [3.05, 3.63) is 28.2 Å². The number of hydrogen-bond donors (Lipinski definition) is 3. The summed E-state index contributed by atoms with van der Waals surface area (Å²) in [7, 11) is -7.84. The fourth-order valence-electron chi connectivity index (χ4n) is 1.24. The summed E-state index contributed by atoms with van der Waals surface area (Å²) in [5.41, 5.74) is -0.208. The van der Waals surface area contributed by atoms with Crippen molar-refractivity contribution in [2.75, 3.05) is 12.3 Å². The van der Waals surface area contributed by atoms with E-state index in [0.29, 0.717) is 0 Å². The first kappa shape index (κ1) is 17.0. The second-order valence-corrected chi connectivity index (χ2v) is 8.04. The molecule has 0 aliphatic carbocycles. The van der Waals surface area contributed by atoms with E-state index in [4.69, 9.17) is 10.2 Å². The number of sulfonamides is 2. The molecule has 0 aliphatic rings. The molecule has 0 aromatic heterocycles. The Morgan fingerprint density at radius 3 is 2.40 bits per heavy atom. The Labute approximate surface area is 124 Å². The molecule has 0 heterocycles. The number of aromatic carboxylic acids is 1. The van der Waals surface area contributed by atoms with Crippen LogP contribution in [0.1, 0.15) is 10.4 Å². The van der Waals surface area contributed by atoms with Gasteiger partial charge in [0, 0.05) is 11.0 Å². The number of carboxylic acids is 1. The van der Waals surface area contributed by atoms with Crippen LogP contribution in [-0.4, -0.2) is 40.2 Å². The lowest BCUT2D eigenvalue weighted by atomic mass is 10.2. The van der Waals surface area contributed by atoms with Crippen LogP contribution in [0.3, 0.4) is 0 Å². The topological polar surface area (TPSA) is 144 Å². The molecule has 0 saturated carbocycles. The predicted octanol–water partition coefficient (Wildman–Crippen LogP) is -0.286. The third-order valence-corrected chi connectivity index (χ3v) is 5.37.